The fourth-order valence-corrected chi connectivity index (χ4v) is 2.22. The number of rotatable bonds is 4. The first-order valence-corrected chi connectivity index (χ1v) is 6.47. The van der Waals surface area contributed by atoms with E-state index in [0.717, 1.165) is 5.56 Å². The molecule has 0 unspecified atom stereocenters. The number of carbonyl (C=O) groups excluding carboxylic acids is 1. The highest BCUT2D eigenvalue weighted by Gasteiger charge is 2.15. The summed E-state index contributed by atoms with van der Waals surface area (Å²) in [6, 6.07) is 10.4. The van der Waals surface area contributed by atoms with Crippen LogP contribution in [0.15, 0.2) is 36.4 Å². The fourth-order valence-electron chi connectivity index (χ4n) is 1.90. The zero-order chi connectivity index (χ0) is 14.7. The minimum Gasteiger partial charge on any atom is -0.497 e. The highest BCUT2D eigenvalue weighted by Crippen LogP contribution is 2.26. The average molecular weight is 291 g/mol. The molecule has 0 radical (unpaired) electrons. The zero-order valence-electron chi connectivity index (χ0n) is 11.6. The average Bonchev–Trinajstić information content (AvgIpc) is 2.46. The van der Waals surface area contributed by atoms with E-state index in [1.165, 1.54) is 0 Å². The lowest BCUT2D eigenvalue weighted by Crippen LogP contribution is -2.03. The van der Waals surface area contributed by atoms with Gasteiger partial charge in [-0.1, -0.05) is 17.7 Å². The summed E-state index contributed by atoms with van der Waals surface area (Å²) < 4.78 is 10.3. The molecular weight excluding hydrogens is 276 g/mol. The number of carbonyl (C=O) groups is 1. The Balaban J connectivity index is 2.47. The van der Waals surface area contributed by atoms with Crippen LogP contribution in [0.3, 0.4) is 0 Å². The maximum Gasteiger partial charge on any atom is 0.194 e. The Hall–Kier alpha value is -2.00. The van der Waals surface area contributed by atoms with Gasteiger partial charge in [0.25, 0.3) is 0 Å². The molecule has 0 aromatic heterocycles. The summed E-state index contributed by atoms with van der Waals surface area (Å²) in [4.78, 5) is 12.5. The lowest BCUT2D eigenvalue weighted by atomic mass is 10.0. The second-order valence-electron chi connectivity index (χ2n) is 4.41. The van der Waals surface area contributed by atoms with Gasteiger partial charge in [-0.2, -0.15) is 0 Å². The summed E-state index contributed by atoms with van der Waals surface area (Å²) >= 11 is 6.14. The van der Waals surface area contributed by atoms with Crippen molar-refractivity contribution < 1.29 is 14.3 Å². The van der Waals surface area contributed by atoms with Crippen LogP contribution in [0.5, 0.6) is 11.5 Å². The number of aryl methyl sites for hydroxylation is 1. The van der Waals surface area contributed by atoms with Crippen LogP contribution >= 0.6 is 11.6 Å². The van der Waals surface area contributed by atoms with Crippen molar-refractivity contribution in [2.45, 2.75) is 6.92 Å². The molecule has 4 heteroatoms. The van der Waals surface area contributed by atoms with Gasteiger partial charge in [-0.15, -0.1) is 0 Å². The molecule has 0 saturated heterocycles. The SMILES string of the molecule is COc1cc(OC)cc(C(=O)c2ccc(C)cc2Cl)c1. The van der Waals surface area contributed by atoms with Gasteiger partial charge in [-0.05, 0) is 36.8 Å². The molecule has 0 aliphatic heterocycles. The number of benzene rings is 2. The minimum absolute atomic E-state index is 0.160. The summed E-state index contributed by atoms with van der Waals surface area (Å²) in [7, 11) is 3.09. The third-order valence-electron chi connectivity index (χ3n) is 2.98. The van der Waals surface area contributed by atoms with Gasteiger partial charge in [0, 0.05) is 17.2 Å². The molecule has 2 aromatic carbocycles. The van der Waals surface area contributed by atoms with Crippen LogP contribution < -0.4 is 9.47 Å². The predicted octanol–water partition coefficient (Wildman–Crippen LogP) is 3.90. The molecule has 0 fully saturated rings. The van der Waals surface area contributed by atoms with Crippen LogP contribution in [0.25, 0.3) is 0 Å². The Morgan fingerprint density at radius 3 is 2.10 bits per heavy atom. The fraction of sp³-hybridized carbons (Fsp3) is 0.188. The first-order chi connectivity index (χ1) is 9.55. The number of ether oxygens (including phenoxy) is 2. The molecule has 0 N–H and O–H groups in total. The Labute approximate surface area is 123 Å². The molecule has 0 spiro atoms. The van der Waals surface area contributed by atoms with E-state index in [9.17, 15) is 4.79 Å². The summed E-state index contributed by atoms with van der Waals surface area (Å²) in [5.41, 5.74) is 1.95. The van der Waals surface area contributed by atoms with E-state index in [1.807, 2.05) is 13.0 Å². The van der Waals surface area contributed by atoms with Gasteiger partial charge in [-0.3, -0.25) is 4.79 Å². The molecule has 0 aliphatic carbocycles. The Morgan fingerprint density at radius 1 is 1.00 bits per heavy atom. The van der Waals surface area contributed by atoms with Crippen molar-refractivity contribution in [2.75, 3.05) is 14.2 Å². The summed E-state index contributed by atoms with van der Waals surface area (Å²) in [6.07, 6.45) is 0. The molecule has 0 bridgehead atoms. The van der Waals surface area contributed by atoms with Gasteiger partial charge in [-0.25, -0.2) is 0 Å². The summed E-state index contributed by atoms with van der Waals surface area (Å²) in [5, 5.41) is 0.441. The Bertz CT molecular complexity index is 628. The molecule has 0 atom stereocenters. The van der Waals surface area contributed by atoms with Gasteiger partial charge in [0.05, 0.1) is 19.2 Å². The highest BCUT2D eigenvalue weighted by molar-refractivity contribution is 6.35. The van der Waals surface area contributed by atoms with Gasteiger partial charge < -0.3 is 9.47 Å². The van der Waals surface area contributed by atoms with Crippen LogP contribution in [0.1, 0.15) is 21.5 Å². The number of ketones is 1. The normalized spacial score (nSPS) is 10.2. The smallest absolute Gasteiger partial charge is 0.194 e. The van der Waals surface area contributed by atoms with E-state index in [-0.39, 0.29) is 5.78 Å². The summed E-state index contributed by atoms with van der Waals surface area (Å²) in [5.74, 6) is 0.971. The molecule has 0 saturated carbocycles. The van der Waals surface area contributed by atoms with Crippen LogP contribution in [0, 0.1) is 6.92 Å². The van der Waals surface area contributed by atoms with E-state index in [2.05, 4.69) is 0 Å². The molecule has 0 aliphatic rings. The summed E-state index contributed by atoms with van der Waals surface area (Å²) in [6.45, 7) is 1.93. The molecule has 104 valence electrons. The van der Waals surface area contributed by atoms with E-state index < -0.39 is 0 Å². The third kappa shape index (κ3) is 2.94. The van der Waals surface area contributed by atoms with Crippen molar-refractivity contribution in [2.24, 2.45) is 0 Å². The van der Waals surface area contributed by atoms with Crippen molar-refractivity contribution in [3.63, 3.8) is 0 Å². The number of hydrogen-bond donors (Lipinski definition) is 0. The van der Waals surface area contributed by atoms with Crippen LogP contribution in [0.4, 0.5) is 0 Å². The van der Waals surface area contributed by atoms with Crippen molar-refractivity contribution in [1.82, 2.24) is 0 Å². The molecule has 0 heterocycles. The van der Waals surface area contributed by atoms with Crippen molar-refractivity contribution in [3.05, 3.63) is 58.1 Å². The maximum atomic E-state index is 12.5. The number of methoxy groups -OCH3 is 2. The van der Waals surface area contributed by atoms with Crippen molar-refractivity contribution >= 4 is 17.4 Å². The zero-order valence-corrected chi connectivity index (χ0v) is 12.3. The first-order valence-electron chi connectivity index (χ1n) is 6.09. The van der Waals surface area contributed by atoms with E-state index in [0.29, 0.717) is 27.6 Å². The van der Waals surface area contributed by atoms with Gasteiger partial charge >= 0.3 is 0 Å². The van der Waals surface area contributed by atoms with E-state index >= 15 is 0 Å². The molecule has 20 heavy (non-hydrogen) atoms. The lowest BCUT2D eigenvalue weighted by Gasteiger charge is -2.09. The number of hydrogen-bond acceptors (Lipinski definition) is 3. The topological polar surface area (TPSA) is 35.5 Å². The van der Waals surface area contributed by atoms with Gasteiger partial charge in [0.15, 0.2) is 5.78 Å². The third-order valence-corrected chi connectivity index (χ3v) is 3.30. The molecule has 2 rings (SSSR count). The van der Waals surface area contributed by atoms with Crippen LogP contribution in [-0.4, -0.2) is 20.0 Å². The van der Waals surface area contributed by atoms with Crippen molar-refractivity contribution in [1.29, 1.82) is 0 Å². The standard InChI is InChI=1S/C16H15ClO3/c1-10-4-5-14(15(17)6-10)16(18)11-7-12(19-2)9-13(8-11)20-3/h4-9H,1-3H3. The Kier molecular flexibility index (Phi) is 4.30. The monoisotopic (exact) mass is 290 g/mol. The van der Waals surface area contributed by atoms with E-state index in [4.69, 9.17) is 21.1 Å². The lowest BCUT2D eigenvalue weighted by molar-refractivity contribution is 0.103. The van der Waals surface area contributed by atoms with Gasteiger partial charge in [0.2, 0.25) is 0 Å². The van der Waals surface area contributed by atoms with E-state index in [1.54, 1.807) is 44.6 Å². The highest BCUT2D eigenvalue weighted by atomic mass is 35.5. The van der Waals surface area contributed by atoms with Crippen LogP contribution in [-0.2, 0) is 0 Å². The molecule has 0 amide bonds. The van der Waals surface area contributed by atoms with Crippen LogP contribution in [0.2, 0.25) is 5.02 Å². The quantitative estimate of drug-likeness (QED) is 0.801. The molecular formula is C16H15ClO3. The Morgan fingerprint density at radius 2 is 1.60 bits per heavy atom. The second kappa shape index (κ2) is 5.97. The van der Waals surface area contributed by atoms with Crippen molar-refractivity contribution in [3.8, 4) is 11.5 Å². The predicted molar refractivity (Wildman–Crippen MR) is 79.2 cm³/mol. The van der Waals surface area contributed by atoms with Gasteiger partial charge in [0.1, 0.15) is 11.5 Å². The minimum atomic E-state index is -0.160. The number of halogens is 1. The molecule has 3 nitrogen and oxygen atoms in total. The largest absolute Gasteiger partial charge is 0.497 e. The first kappa shape index (κ1) is 14.4. The molecule has 2 aromatic rings. The second-order valence-corrected chi connectivity index (χ2v) is 4.82. The maximum absolute atomic E-state index is 12.5.